The fraction of sp³-hybridized carbons (Fsp3) is 0.310. The van der Waals surface area contributed by atoms with Gasteiger partial charge in [0.25, 0.3) is 11.8 Å². The van der Waals surface area contributed by atoms with Crippen molar-refractivity contribution in [3.63, 3.8) is 0 Å². The molecule has 0 atom stereocenters. The minimum atomic E-state index is -0.535. The first kappa shape index (κ1) is 26.1. The number of methoxy groups -OCH3 is 1. The first-order valence-corrected chi connectivity index (χ1v) is 13.8. The van der Waals surface area contributed by atoms with Crippen LogP contribution in [0.4, 0.5) is 5.69 Å². The Morgan fingerprint density at radius 3 is 2.55 bits per heavy atom. The van der Waals surface area contributed by atoms with E-state index in [0.717, 1.165) is 64.3 Å². The van der Waals surface area contributed by atoms with E-state index >= 15 is 0 Å². The van der Waals surface area contributed by atoms with Crippen LogP contribution in [0.5, 0.6) is 0 Å². The number of aromatic nitrogens is 1. The van der Waals surface area contributed by atoms with Crippen molar-refractivity contribution in [2.24, 2.45) is 0 Å². The Morgan fingerprint density at radius 2 is 1.84 bits per heavy atom. The van der Waals surface area contributed by atoms with Crippen LogP contribution in [0.25, 0.3) is 11.1 Å². The van der Waals surface area contributed by atoms with Crippen LogP contribution in [0.15, 0.2) is 29.8 Å². The maximum absolute atomic E-state index is 13.6. The van der Waals surface area contributed by atoms with Gasteiger partial charge in [0.2, 0.25) is 0 Å². The average Bonchev–Trinajstić information content (AvgIpc) is 3.38. The monoisotopic (exact) mass is 547 g/mol. The van der Waals surface area contributed by atoms with Crippen LogP contribution in [0.2, 0.25) is 0 Å². The van der Waals surface area contributed by atoms with Gasteiger partial charge in [-0.2, -0.15) is 0 Å². The molecule has 0 saturated carbocycles. The number of aryl methyl sites for hydroxylation is 4. The fourth-order valence-electron chi connectivity index (χ4n) is 5.36. The standard InChI is InChI=1S/C29H29N3O4S2/c1-15-10-11-22(16(2)12-15)32-26(34)21(25(33)30-29(32)37)14-19-13-17(3)31(18(19)4)27-24(28(35)36-5)20-8-6-7-9-23(20)38-27/h10-14H,6-9H2,1-5H3,(H,30,33,37)/b21-14+. The molecule has 196 valence electrons. The largest absolute Gasteiger partial charge is 0.465 e. The Kier molecular flexibility index (Phi) is 6.83. The van der Waals surface area contributed by atoms with E-state index in [2.05, 4.69) is 5.32 Å². The summed E-state index contributed by atoms with van der Waals surface area (Å²) in [5.74, 6) is -1.35. The number of fused-ring (bicyclic) bond motifs is 1. The number of amides is 2. The Morgan fingerprint density at radius 1 is 1.11 bits per heavy atom. The number of hydrogen-bond acceptors (Lipinski definition) is 6. The average molecular weight is 548 g/mol. The zero-order valence-electron chi connectivity index (χ0n) is 22.1. The van der Waals surface area contributed by atoms with E-state index in [4.69, 9.17) is 17.0 Å². The van der Waals surface area contributed by atoms with Crippen LogP contribution in [-0.2, 0) is 27.2 Å². The number of nitrogens with zero attached hydrogens (tertiary/aromatic N) is 2. The molecule has 0 unspecified atom stereocenters. The SMILES string of the molecule is COC(=O)c1c(-n2c(C)cc(/C=C3\C(=O)NC(=S)N(c4ccc(C)cc4C)C3=O)c2C)sc2c1CCCC2. The predicted octanol–water partition coefficient (Wildman–Crippen LogP) is 5.27. The molecule has 1 N–H and O–H groups in total. The number of benzene rings is 1. The molecule has 0 bridgehead atoms. The van der Waals surface area contributed by atoms with Gasteiger partial charge in [-0.05, 0) is 100 Å². The van der Waals surface area contributed by atoms with E-state index in [1.165, 1.54) is 16.9 Å². The van der Waals surface area contributed by atoms with Crippen molar-refractivity contribution in [1.82, 2.24) is 9.88 Å². The van der Waals surface area contributed by atoms with Gasteiger partial charge in [0.1, 0.15) is 10.6 Å². The van der Waals surface area contributed by atoms with Gasteiger partial charge in [-0.25, -0.2) is 4.79 Å². The van der Waals surface area contributed by atoms with Crippen molar-refractivity contribution in [2.45, 2.75) is 53.4 Å². The highest BCUT2D eigenvalue weighted by Gasteiger charge is 2.36. The zero-order valence-corrected chi connectivity index (χ0v) is 23.7. The third-order valence-corrected chi connectivity index (χ3v) is 8.77. The second-order valence-corrected chi connectivity index (χ2v) is 11.3. The molecule has 3 aromatic rings. The summed E-state index contributed by atoms with van der Waals surface area (Å²) in [5.41, 5.74) is 6.71. The van der Waals surface area contributed by atoms with Crippen LogP contribution in [0.3, 0.4) is 0 Å². The molecule has 2 amide bonds. The molecule has 0 radical (unpaired) electrons. The first-order chi connectivity index (χ1) is 18.1. The van der Waals surface area contributed by atoms with E-state index in [-0.39, 0.29) is 16.7 Å². The quantitative estimate of drug-likeness (QED) is 0.208. The van der Waals surface area contributed by atoms with Crippen molar-refractivity contribution in [1.29, 1.82) is 0 Å². The third-order valence-electron chi connectivity index (χ3n) is 7.21. The Labute approximate surface area is 231 Å². The van der Waals surface area contributed by atoms with Crippen LogP contribution in [-0.4, -0.2) is 34.6 Å². The van der Waals surface area contributed by atoms with Crippen LogP contribution in [0, 0.1) is 27.7 Å². The maximum Gasteiger partial charge on any atom is 0.341 e. The fourth-order valence-corrected chi connectivity index (χ4v) is 7.12. The minimum absolute atomic E-state index is 0.00232. The number of esters is 1. The summed E-state index contributed by atoms with van der Waals surface area (Å²) in [6.07, 6.45) is 5.56. The van der Waals surface area contributed by atoms with Gasteiger partial charge in [-0.1, -0.05) is 17.7 Å². The van der Waals surface area contributed by atoms with Gasteiger partial charge in [0.05, 0.1) is 18.4 Å². The second kappa shape index (κ2) is 9.96. The van der Waals surface area contributed by atoms with E-state index in [9.17, 15) is 14.4 Å². The van der Waals surface area contributed by atoms with Gasteiger partial charge in [-0.3, -0.25) is 19.8 Å². The molecule has 1 fully saturated rings. The van der Waals surface area contributed by atoms with Crippen molar-refractivity contribution < 1.29 is 19.1 Å². The number of carbonyl (C=O) groups excluding carboxylic acids is 3. The molecule has 1 aliphatic carbocycles. The normalized spacial score (nSPS) is 16.6. The first-order valence-electron chi connectivity index (χ1n) is 12.5. The minimum Gasteiger partial charge on any atom is -0.465 e. The number of thiophene rings is 1. The third kappa shape index (κ3) is 4.29. The summed E-state index contributed by atoms with van der Waals surface area (Å²) in [4.78, 5) is 42.0. The number of thiocarbonyl (C=S) groups is 1. The molecule has 1 aromatic carbocycles. The highest BCUT2D eigenvalue weighted by atomic mass is 32.1. The molecule has 1 saturated heterocycles. The van der Waals surface area contributed by atoms with Gasteiger partial charge in [0, 0.05) is 16.3 Å². The number of carbonyl (C=O) groups is 3. The maximum atomic E-state index is 13.6. The molecule has 38 heavy (non-hydrogen) atoms. The van der Waals surface area contributed by atoms with Gasteiger partial charge in [0.15, 0.2) is 5.11 Å². The lowest BCUT2D eigenvalue weighted by atomic mass is 9.95. The highest BCUT2D eigenvalue weighted by Crippen LogP contribution is 2.39. The molecule has 2 aromatic heterocycles. The molecule has 1 aliphatic heterocycles. The predicted molar refractivity (Wildman–Crippen MR) is 153 cm³/mol. The summed E-state index contributed by atoms with van der Waals surface area (Å²) in [6.45, 7) is 7.77. The Hall–Kier alpha value is -3.56. The summed E-state index contributed by atoms with van der Waals surface area (Å²) in [5, 5.41) is 3.55. The molecular weight excluding hydrogens is 518 g/mol. The van der Waals surface area contributed by atoms with Crippen molar-refractivity contribution >= 4 is 58.2 Å². The summed E-state index contributed by atoms with van der Waals surface area (Å²) in [7, 11) is 1.41. The lowest BCUT2D eigenvalue weighted by Crippen LogP contribution is -2.54. The second-order valence-electron chi connectivity index (χ2n) is 9.79. The molecule has 2 aliphatic rings. The molecule has 3 heterocycles. The molecular formula is C29H29N3O4S2. The molecule has 5 rings (SSSR count). The van der Waals surface area contributed by atoms with Crippen LogP contribution in [0.1, 0.15) is 61.7 Å². The van der Waals surface area contributed by atoms with Gasteiger partial charge < -0.3 is 9.30 Å². The van der Waals surface area contributed by atoms with Crippen LogP contribution >= 0.6 is 23.6 Å². The van der Waals surface area contributed by atoms with Crippen molar-refractivity contribution in [3.05, 3.63) is 73.9 Å². The van der Waals surface area contributed by atoms with E-state index in [1.54, 1.807) is 17.4 Å². The number of ether oxygens (including phenoxy) is 1. The van der Waals surface area contributed by atoms with Crippen molar-refractivity contribution in [3.8, 4) is 5.00 Å². The Balaban J connectivity index is 1.60. The molecule has 7 nitrogen and oxygen atoms in total. The van der Waals surface area contributed by atoms with E-state index in [1.807, 2.05) is 56.5 Å². The molecule has 0 spiro atoms. The number of anilines is 1. The van der Waals surface area contributed by atoms with Gasteiger partial charge >= 0.3 is 5.97 Å². The Bertz CT molecular complexity index is 1560. The lowest BCUT2D eigenvalue weighted by molar-refractivity contribution is -0.122. The summed E-state index contributed by atoms with van der Waals surface area (Å²) in [6, 6.07) is 7.64. The zero-order chi connectivity index (χ0) is 27.3. The van der Waals surface area contributed by atoms with Crippen LogP contribution < -0.4 is 10.2 Å². The summed E-state index contributed by atoms with van der Waals surface area (Å²) < 4.78 is 7.19. The molecule has 9 heteroatoms. The number of hydrogen-bond donors (Lipinski definition) is 1. The number of rotatable bonds is 4. The topological polar surface area (TPSA) is 80.6 Å². The lowest BCUT2D eigenvalue weighted by Gasteiger charge is -2.30. The van der Waals surface area contributed by atoms with E-state index in [0.29, 0.717) is 11.3 Å². The number of nitrogens with one attached hydrogen (secondary N) is 1. The summed E-state index contributed by atoms with van der Waals surface area (Å²) >= 11 is 7.00. The van der Waals surface area contributed by atoms with Crippen molar-refractivity contribution in [2.75, 3.05) is 12.0 Å². The highest BCUT2D eigenvalue weighted by molar-refractivity contribution is 7.80. The van der Waals surface area contributed by atoms with Gasteiger partial charge in [-0.15, -0.1) is 11.3 Å². The van der Waals surface area contributed by atoms with E-state index < -0.39 is 11.8 Å². The smallest absolute Gasteiger partial charge is 0.341 e.